The first-order valence-electron chi connectivity index (χ1n) is 7.83. The fourth-order valence-corrected chi connectivity index (χ4v) is 2.36. The van der Waals surface area contributed by atoms with Gasteiger partial charge >= 0.3 is 5.97 Å². The largest absolute Gasteiger partial charge is 0.453 e. The molecule has 134 valence electrons. The quantitative estimate of drug-likeness (QED) is 0.779. The van der Waals surface area contributed by atoms with Gasteiger partial charge in [-0.2, -0.15) is 5.26 Å². The Labute approximate surface area is 155 Å². The molecule has 0 spiro atoms. The van der Waals surface area contributed by atoms with Crippen molar-refractivity contribution in [1.82, 2.24) is 0 Å². The van der Waals surface area contributed by atoms with Gasteiger partial charge in [-0.15, -0.1) is 0 Å². The summed E-state index contributed by atoms with van der Waals surface area (Å²) < 4.78 is 17.9. The Morgan fingerprint density at radius 3 is 2.58 bits per heavy atom. The Balaban J connectivity index is 1.84. The molecule has 2 rings (SSSR count). The highest BCUT2D eigenvalue weighted by Crippen LogP contribution is 2.20. The summed E-state index contributed by atoms with van der Waals surface area (Å²) in [4.78, 5) is 23.9. The van der Waals surface area contributed by atoms with Gasteiger partial charge < -0.3 is 10.1 Å². The number of carbonyl (C=O) groups excluding carboxylic acids is 2. The lowest BCUT2D eigenvalue weighted by Gasteiger charge is -2.14. The first-order chi connectivity index (χ1) is 12.4. The summed E-state index contributed by atoms with van der Waals surface area (Å²) >= 11 is 5.90. The van der Waals surface area contributed by atoms with Crippen LogP contribution < -0.4 is 5.32 Å². The number of carbonyl (C=O) groups is 2. The number of hydrogen-bond acceptors (Lipinski definition) is 4. The number of halogens is 2. The molecule has 2 aromatic carbocycles. The van der Waals surface area contributed by atoms with Gasteiger partial charge in [0.2, 0.25) is 0 Å². The summed E-state index contributed by atoms with van der Waals surface area (Å²) in [6.07, 6.45) is -0.532. The minimum absolute atomic E-state index is 0.0753. The van der Waals surface area contributed by atoms with Gasteiger partial charge in [0.05, 0.1) is 10.6 Å². The van der Waals surface area contributed by atoms with Gasteiger partial charge in [-0.1, -0.05) is 23.7 Å². The van der Waals surface area contributed by atoms with Gasteiger partial charge in [-0.05, 0) is 49.2 Å². The molecule has 7 heteroatoms. The molecule has 0 saturated carbocycles. The molecule has 1 atom stereocenters. The van der Waals surface area contributed by atoms with Crippen molar-refractivity contribution in [1.29, 1.82) is 5.26 Å². The van der Waals surface area contributed by atoms with Crippen molar-refractivity contribution in [2.75, 3.05) is 5.32 Å². The average molecular weight is 375 g/mol. The first-order valence-corrected chi connectivity index (χ1v) is 8.21. The molecule has 0 unspecified atom stereocenters. The summed E-state index contributed by atoms with van der Waals surface area (Å²) in [6, 6.07) is 12.2. The van der Waals surface area contributed by atoms with Crippen LogP contribution in [0.25, 0.3) is 0 Å². The molecule has 0 radical (unpaired) electrons. The number of nitrogens with zero attached hydrogens (tertiary/aromatic N) is 1. The molecule has 0 aliphatic carbocycles. The zero-order valence-corrected chi connectivity index (χ0v) is 14.7. The lowest BCUT2D eigenvalue weighted by molar-refractivity contribution is -0.153. The van der Waals surface area contributed by atoms with Crippen LogP contribution in [0.1, 0.15) is 24.5 Å². The fourth-order valence-electron chi connectivity index (χ4n) is 2.13. The third-order valence-electron chi connectivity index (χ3n) is 3.57. The molecule has 0 aliphatic rings. The molecule has 0 aliphatic heterocycles. The van der Waals surface area contributed by atoms with Crippen molar-refractivity contribution in [3.63, 3.8) is 0 Å². The normalized spacial score (nSPS) is 11.3. The second kappa shape index (κ2) is 8.97. The summed E-state index contributed by atoms with van der Waals surface area (Å²) in [5.74, 6) is -1.39. The van der Waals surface area contributed by atoms with Crippen molar-refractivity contribution >= 4 is 29.2 Å². The SMILES string of the molecule is C[C@@H](OC(=O)CCc1ccc(F)cc1)C(=O)Nc1ccc(C#N)c(Cl)c1. The van der Waals surface area contributed by atoms with E-state index in [0.717, 1.165) is 5.56 Å². The number of hydrogen-bond donors (Lipinski definition) is 1. The van der Waals surface area contributed by atoms with Crippen molar-refractivity contribution in [2.24, 2.45) is 0 Å². The molecular weight excluding hydrogens is 359 g/mol. The number of ether oxygens (including phenoxy) is 1. The van der Waals surface area contributed by atoms with Gasteiger partial charge in [0.1, 0.15) is 11.9 Å². The van der Waals surface area contributed by atoms with Gasteiger partial charge in [0.15, 0.2) is 6.10 Å². The van der Waals surface area contributed by atoms with E-state index in [1.54, 1.807) is 12.1 Å². The molecule has 0 aromatic heterocycles. The Bertz CT molecular complexity index is 847. The van der Waals surface area contributed by atoms with Crippen molar-refractivity contribution < 1.29 is 18.7 Å². The van der Waals surface area contributed by atoms with E-state index in [4.69, 9.17) is 21.6 Å². The van der Waals surface area contributed by atoms with Crippen LogP contribution in [0.15, 0.2) is 42.5 Å². The molecule has 0 heterocycles. The highest BCUT2D eigenvalue weighted by atomic mass is 35.5. The maximum Gasteiger partial charge on any atom is 0.306 e. The van der Waals surface area contributed by atoms with E-state index in [1.165, 1.54) is 37.3 Å². The number of rotatable bonds is 6. The lowest BCUT2D eigenvalue weighted by Crippen LogP contribution is -2.30. The molecule has 26 heavy (non-hydrogen) atoms. The molecule has 0 fully saturated rings. The third-order valence-corrected chi connectivity index (χ3v) is 3.88. The van der Waals surface area contributed by atoms with Gasteiger partial charge in [-0.3, -0.25) is 9.59 Å². The maximum absolute atomic E-state index is 12.8. The second-order valence-electron chi connectivity index (χ2n) is 5.55. The molecule has 1 N–H and O–H groups in total. The first kappa shape index (κ1) is 19.4. The molecule has 0 bridgehead atoms. The second-order valence-corrected chi connectivity index (χ2v) is 5.96. The average Bonchev–Trinajstić information content (AvgIpc) is 2.61. The van der Waals surface area contributed by atoms with Crippen molar-refractivity contribution in [2.45, 2.75) is 25.9 Å². The molecule has 1 amide bonds. The van der Waals surface area contributed by atoms with Gasteiger partial charge in [0, 0.05) is 12.1 Å². The summed E-state index contributed by atoms with van der Waals surface area (Å²) in [7, 11) is 0. The number of benzene rings is 2. The Kier molecular flexibility index (Phi) is 6.70. The number of aryl methyl sites for hydroxylation is 1. The summed E-state index contributed by atoms with van der Waals surface area (Å²) in [5, 5.41) is 11.6. The highest BCUT2D eigenvalue weighted by Gasteiger charge is 2.18. The van der Waals surface area contributed by atoms with Crippen molar-refractivity contribution in [3.8, 4) is 6.07 Å². The van der Waals surface area contributed by atoms with Crippen LogP contribution in [0.3, 0.4) is 0 Å². The van der Waals surface area contributed by atoms with E-state index in [1.807, 2.05) is 6.07 Å². The minimum atomic E-state index is -0.995. The standard InChI is InChI=1S/C19H16ClFN2O3/c1-12(19(25)23-16-8-5-14(11-22)17(20)10-16)26-18(24)9-4-13-2-6-15(21)7-3-13/h2-3,5-8,10,12H,4,9H2,1H3,(H,23,25)/t12-/m1/s1. The third kappa shape index (κ3) is 5.57. The zero-order chi connectivity index (χ0) is 19.1. The number of anilines is 1. The predicted octanol–water partition coefficient (Wildman–Crippen LogP) is 3.85. The van der Waals surface area contributed by atoms with E-state index >= 15 is 0 Å². The maximum atomic E-state index is 12.8. The van der Waals surface area contributed by atoms with Gasteiger partial charge in [0.25, 0.3) is 5.91 Å². The van der Waals surface area contributed by atoms with E-state index in [9.17, 15) is 14.0 Å². The zero-order valence-electron chi connectivity index (χ0n) is 14.0. The van der Waals surface area contributed by atoms with E-state index in [0.29, 0.717) is 17.7 Å². The number of esters is 1. The Hall–Kier alpha value is -2.91. The Morgan fingerprint density at radius 2 is 1.96 bits per heavy atom. The van der Waals surface area contributed by atoms with Gasteiger partial charge in [-0.25, -0.2) is 4.39 Å². The van der Waals surface area contributed by atoms with Crippen LogP contribution in [-0.4, -0.2) is 18.0 Å². The summed E-state index contributed by atoms with van der Waals surface area (Å²) in [5.41, 5.74) is 1.49. The summed E-state index contributed by atoms with van der Waals surface area (Å²) in [6.45, 7) is 1.45. The monoisotopic (exact) mass is 374 g/mol. The fraction of sp³-hybridized carbons (Fsp3) is 0.211. The number of nitrogens with one attached hydrogen (secondary N) is 1. The molecule has 2 aromatic rings. The predicted molar refractivity (Wildman–Crippen MR) is 95.1 cm³/mol. The van der Waals surface area contributed by atoms with Crippen molar-refractivity contribution in [3.05, 3.63) is 64.4 Å². The molecule has 5 nitrogen and oxygen atoms in total. The highest BCUT2D eigenvalue weighted by molar-refractivity contribution is 6.32. The smallest absolute Gasteiger partial charge is 0.306 e. The van der Waals surface area contributed by atoms with E-state index in [-0.39, 0.29) is 17.3 Å². The lowest BCUT2D eigenvalue weighted by atomic mass is 10.1. The van der Waals surface area contributed by atoms with Crippen LogP contribution >= 0.6 is 11.6 Å². The van der Waals surface area contributed by atoms with Crippen LogP contribution in [-0.2, 0) is 20.7 Å². The Morgan fingerprint density at radius 1 is 1.27 bits per heavy atom. The van der Waals surface area contributed by atoms with Crippen LogP contribution in [0.5, 0.6) is 0 Å². The molecule has 0 saturated heterocycles. The minimum Gasteiger partial charge on any atom is -0.453 e. The van der Waals surface area contributed by atoms with Crippen LogP contribution in [0, 0.1) is 17.1 Å². The van der Waals surface area contributed by atoms with Crippen LogP contribution in [0.4, 0.5) is 10.1 Å². The topological polar surface area (TPSA) is 79.2 Å². The van der Waals surface area contributed by atoms with Crippen LogP contribution in [0.2, 0.25) is 5.02 Å². The number of nitriles is 1. The van der Waals surface area contributed by atoms with E-state index < -0.39 is 18.0 Å². The number of amides is 1. The molecular formula is C19H16ClFN2O3. The van der Waals surface area contributed by atoms with E-state index in [2.05, 4.69) is 5.32 Å².